The third-order valence-electron chi connectivity index (χ3n) is 3.43. The molecule has 3 rings (SSSR count). The van der Waals surface area contributed by atoms with Crippen molar-refractivity contribution in [3.05, 3.63) is 34.7 Å². The molecule has 0 unspecified atom stereocenters. The number of benzene rings is 1. The van der Waals surface area contributed by atoms with E-state index in [-0.39, 0.29) is 5.78 Å². The molecule has 0 fully saturated rings. The fraction of sp³-hybridized carbons (Fsp3) is 0.312. The van der Waals surface area contributed by atoms with E-state index >= 15 is 0 Å². The van der Waals surface area contributed by atoms with Crippen LogP contribution in [0.15, 0.2) is 29.2 Å². The number of carbonyl (C=O) groups excluding carboxylic acids is 1. The highest BCUT2D eigenvalue weighted by atomic mass is 32.2. The molecule has 0 bridgehead atoms. The van der Waals surface area contributed by atoms with Crippen molar-refractivity contribution in [1.82, 2.24) is 0 Å². The van der Waals surface area contributed by atoms with E-state index in [1.807, 2.05) is 44.7 Å². The average Bonchev–Trinajstić information content (AvgIpc) is 2.73. The molecule has 2 N–H and O–H groups in total. The van der Waals surface area contributed by atoms with E-state index < -0.39 is 5.41 Å². The second-order valence-corrected chi connectivity index (χ2v) is 8.16. The van der Waals surface area contributed by atoms with Gasteiger partial charge in [0, 0.05) is 26.5 Å². The molecule has 1 aromatic carbocycles. The number of nitrogens with two attached hydrogens (primary N) is 1. The van der Waals surface area contributed by atoms with Crippen molar-refractivity contribution in [3.63, 3.8) is 0 Å². The number of carbonyl (C=O) groups is 1. The zero-order valence-electron chi connectivity index (χ0n) is 11.8. The van der Waals surface area contributed by atoms with Gasteiger partial charge < -0.3 is 5.73 Å². The molecule has 0 aliphatic carbocycles. The summed E-state index contributed by atoms with van der Waals surface area (Å²) in [6, 6.07) is 8.26. The largest absolute Gasteiger partial charge is 0.390 e. The number of ketones is 1. The summed E-state index contributed by atoms with van der Waals surface area (Å²) in [4.78, 5) is 15.2. The molecule has 0 saturated carbocycles. The number of hydrogen-bond donors (Lipinski definition) is 1. The summed E-state index contributed by atoms with van der Waals surface area (Å²) in [6.45, 7) is 5.84. The van der Waals surface area contributed by atoms with Gasteiger partial charge in [-0.05, 0) is 11.6 Å². The van der Waals surface area contributed by atoms with Crippen molar-refractivity contribution < 1.29 is 4.79 Å². The second-order valence-electron chi connectivity index (χ2n) is 6.00. The number of rotatable bonds is 1. The van der Waals surface area contributed by atoms with Crippen LogP contribution >= 0.6 is 23.1 Å². The van der Waals surface area contributed by atoms with Gasteiger partial charge in [-0.3, -0.25) is 4.79 Å². The van der Waals surface area contributed by atoms with E-state index in [2.05, 4.69) is 12.1 Å². The van der Waals surface area contributed by atoms with Crippen molar-refractivity contribution in [2.75, 3.05) is 5.73 Å². The number of thioether (sulfide) groups is 1. The van der Waals surface area contributed by atoms with Crippen LogP contribution in [0.3, 0.4) is 0 Å². The molecular weight excluding hydrogens is 286 g/mol. The lowest BCUT2D eigenvalue weighted by atomic mass is 9.84. The van der Waals surface area contributed by atoms with Crippen LogP contribution in [-0.2, 0) is 5.75 Å². The molecule has 0 atom stereocenters. The molecule has 20 heavy (non-hydrogen) atoms. The van der Waals surface area contributed by atoms with Gasteiger partial charge in [-0.25, -0.2) is 0 Å². The zero-order chi connectivity index (χ0) is 14.5. The highest BCUT2D eigenvalue weighted by Crippen LogP contribution is 2.49. The Hall–Kier alpha value is -1.26. The first kappa shape index (κ1) is 13.7. The maximum absolute atomic E-state index is 12.7. The zero-order valence-corrected chi connectivity index (χ0v) is 13.5. The minimum absolute atomic E-state index is 0.134. The summed E-state index contributed by atoms with van der Waals surface area (Å²) in [7, 11) is 0. The molecule has 2 nitrogen and oxygen atoms in total. The van der Waals surface area contributed by atoms with Crippen molar-refractivity contribution in [2.45, 2.75) is 31.4 Å². The quantitative estimate of drug-likeness (QED) is 0.767. The Morgan fingerprint density at radius 2 is 1.95 bits per heavy atom. The molecule has 0 saturated heterocycles. The summed E-state index contributed by atoms with van der Waals surface area (Å²) < 4.78 is 0. The molecule has 1 aromatic heterocycles. The smallest absolute Gasteiger partial charge is 0.171 e. The van der Waals surface area contributed by atoms with Crippen LogP contribution in [0.5, 0.6) is 0 Å². The number of hydrogen-bond acceptors (Lipinski definition) is 4. The van der Waals surface area contributed by atoms with Crippen LogP contribution in [0.25, 0.3) is 11.1 Å². The predicted octanol–water partition coefficient (Wildman–Crippen LogP) is 4.83. The highest BCUT2D eigenvalue weighted by molar-refractivity contribution is 7.98. The summed E-state index contributed by atoms with van der Waals surface area (Å²) in [5, 5.41) is 0.659. The van der Waals surface area contributed by atoms with Gasteiger partial charge in [-0.15, -0.1) is 23.1 Å². The fourth-order valence-corrected chi connectivity index (χ4v) is 4.65. The molecule has 1 aliphatic heterocycles. The second kappa shape index (κ2) is 4.64. The van der Waals surface area contributed by atoms with Gasteiger partial charge in [0.15, 0.2) is 5.78 Å². The van der Waals surface area contributed by atoms with Crippen molar-refractivity contribution >= 4 is 33.9 Å². The molecule has 2 aromatic rings. The Morgan fingerprint density at radius 1 is 1.25 bits per heavy atom. The predicted molar refractivity (Wildman–Crippen MR) is 87.5 cm³/mol. The Labute approximate surface area is 127 Å². The Bertz CT molecular complexity index is 695. The average molecular weight is 303 g/mol. The minimum atomic E-state index is -0.414. The number of thiophene rings is 1. The monoisotopic (exact) mass is 303 g/mol. The Morgan fingerprint density at radius 3 is 2.65 bits per heavy atom. The first-order chi connectivity index (χ1) is 9.39. The van der Waals surface area contributed by atoms with Crippen molar-refractivity contribution in [3.8, 4) is 11.1 Å². The van der Waals surface area contributed by atoms with Gasteiger partial charge in [0.05, 0.1) is 10.6 Å². The lowest BCUT2D eigenvalue weighted by Crippen LogP contribution is -2.21. The fourth-order valence-electron chi connectivity index (χ4n) is 2.43. The van der Waals surface area contributed by atoms with Gasteiger partial charge in [0.25, 0.3) is 0 Å². The number of fused-ring (bicyclic) bond motifs is 3. The molecular formula is C16H17NOS2. The Kier molecular flexibility index (Phi) is 3.18. The Balaban J connectivity index is 2.26. The molecule has 104 valence electrons. The molecule has 4 heteroatoms. The molecule has 1 aliphatic rings. The van der Waals surface area contributed by atoms with E-state index in [4.69, 9.17) is 5.73 Å². The maximum atomic E-state index is 12.7. The maximum Gasteiger partial charge on any atom is 0.171 e. The number of anilines is 1. The van der Waals surface area contributed by atoms with Gasteiger partial charge in [0.2, 0.25) is 0 Å². The van der Waals surface area contributed by atoms with E-state index in [1.54, 1.807) is 11.3 Å². The summed E-state index contributed by atoms with van der Waals surface area (Å²) >= 11 is 3.38. The van der Waals surface area contributed by atoms with Crippen LogP contribution in [0.2, 0.25) is 0 Å². The van der Waals surface area contributed by atoms with Gasteiger partial charge in [-0.2, -0.15) is 0 Å². The van der Waals surface area contributed by atoms with Crippen LogP contribution < -0.4 is 5.73 Å². The minimum Gasteiger partial charge on any atom is -0.390 e. The van der Waals surface area contributed by atoms with Crippen molar-refractivity contribution in [1.29, 1.82) is 0 Å². The third kappa shape index (κ3) is 2.07. The van der Waals surface area contributed by atoms with E-state index in [9.17, 15) is 4.79 Å². The lowest BCUT2D eigenvalue weighted by molar-refractivity contribution is 0.0860. The molecule has 0 amide bonds. The molecule has 0 spiro atoms. The summed E-state index contributed by atoms with van der Waals surface area (Å²) in [5.41, 5.74) is 8.70. The lowest BCUT2D eigenvalue weighted by Gasteiger charge is -2.21. The summed E-state index contributed by atoms with van der Waals surface area (Å²) in [6.07, 6.45) is 0. The van der Waals surface area contributed by atoms with E-state index in [0.29, 0.717) is 5.00 Å². The van der Waals surface area contributed by atoms with Crippen LogP contribution in [-0.4, -0.2) is 5.78 Å². The van der Waals surface area contributed by atoms with E-state index in [0.717, 1.165) is 22.4 Å². The van der Waals surface area contributed by atoms with Crippen LogP contribution in [0, 0.1) is 5.41 Å². The first-order valence-corrected chi connectivity index (χ1v) is 8.38. The highest BCUT2D eigenvalue weighted by Gasteiger charge is 2.32. The van der Waals surface area contributed by atoms with Crippen LogP contribution in [0.1, 0.15) is 36.0 Å². The van der Waals surface area contributed by atoms with Crippen LogP contribution in [0.4, 0.5) is 5.00 Å². The number of Topliss-reactive ketones (excluding diaryl/α,β-unsaturated/α-hetero) is 1. The van der Waals surface area contributed by atoms with Gasteiger partial charge >= 0.3 is 0 Å². The standard InChI is InChI=1S/C16H17NOS2/c1-16(2,3)14(18)13-12-9-6-4-5-7-10(9)19-8-11(12)20-15(13)17/h4-7H,8,17H2,1-3H3. The topological polar surface area (TPSA) is 43.1 Å². The van der Waals surface area contributed by atoms with Crippen molar-refractivity contribution in [2.24, 2.45) is 5.41 Å². The number of nitrogen functional groups attached to an aromatic ring is 1. The molecule has 2 heterocycles. The third-order valence-corrected chi connectivity index (χ3v) is 5.73. The van der Waals surface area contributed by atoms with Gasteiger partial charge in [0.1, 0.15) is 0 Å². The molecule has 0 radical (unpaired) electrons. The van der Waals surface area contributed by atoms with Gasteiger partial charge in [-0.1, -0.05) is 39.0 Å². The SMILES string of the molecule is CC(C)(C)C(=O)c1c(N)sc2c1-c1ccccc1SC2. The van der Waals surface area contributed by atoms with E-state index in [1.165, 1.54) is 9.77 Å². The summed E-state index contributed by atoms with van der Waals surface area (Å²) in [5.74, 6) is 1.03. The normalized spacial score (nSPS) is 13.8. The first-order valence-electron chi connectivity index (χ1n) is 6.57.